The Morgan fingerprint density at radius 1 is 1.53 bits per heavy atom. The number of nitrogens with one attached hydrogen (secondary N) is 1. The van der Waals surface area contributed by atoms with E-state index in [9.17, 15) is 4.79 Å². The number of carbonyl (C=O) groups is 1. The maximum absolute atomic E-state index is 11.7. The molecule has 19 heavy (non-hydrogen) atoms. The molecule has 0 aromatic carbocycles. The molecule has 0 saturated carbocycles. The number of halogens is 1. The van der Waals surface area contributed by atoms with E-state index in [1.807, 2.05) is 23.8 Å². The van der Waals surface area contributed by atoms with Crippen molar-refractivity contribution in [3.8, 4) is 10.6 Å². The van der Waals surface area contributed by atoms with E-state index >= 15 is 0 Å². The van der Waals surface area contributed by atoms with Crippen LogP contribution in [0, 0.1) is 0 Å². The van der Waals surface area contributed by atoms with E-state index in [0.29, 0.717) is 18.0 Å². The highest BCUT2D eigenvalue weighted by Crippen LogP contribution is 2.31. The third kappa shape index (κ3) is 4.38. The second-order valence-corrected chi connectivity index (χ2v) is 6.92. The standard InChI is InChI=1S/C12H14BrN3OS2/c1-7(14)2-3-11(17)16-12-15-9(6-19-12)10-4-8(13)5-18-10/h4-7H,2-3,14H2,1H3,(H,15,16,17). The van der Waals surface area contributed by atoms with Gasteiger partial charge in [0.2, 0.25) is 5.91 Å². The Bertz CT molecular complexity index is 565. The molecule has 3 N–H and O–H groups in total. The molecule has 0 aliphatic carbocycles. The molecule has 0 fully saturated rings. The van der Waals surface area contributed by atoms with Gasteiger partial charge in [0.05, 0.1) is 10.6 Å². The minimum Gasteiger partial charge on any atom is -0.328 e. The molecule has 0 aliphatic rings. The number of rotatable bonds is 5. The largest absolute Gasteiger partial charge is 0.328 e. The van der Waals surface area contributed by atoms with Crippen molar-refractivity contribution in [1.29, 1.82) is 0 Å². The predicted octanol–water partition coefficient (Wildman–Crippen LogP) is 3.70. The molecule has 2 rings (SSSR count). The summed E-state index contributed by atoms with van der Waals surface area (Å²) in [7, 11) is 0. The molecule has 102 valence electrons. The van der Waals surface area contributed by atoms with Crippen LogP contribution in [0.4, 0.5) is 5.13 Å². The number of thiophene rings is 1. The van der Waals surface area contributed by atoms with Gasteiger partial charge in [-0.1, -0.05) is 0 Å². The Kier molecular flexibility index (Phi) is 5.09. The summed E-state index contributed by atoms with van der Waals surface area (Å²) in [6.45, 7) is 1.89. The van der Waals surface area contributed by atoms with Crippen LogP contribution in [0.2, 0.25) is 0 Å². The summed E-state index contributed by atoms with van der Waals surface area (Å²) in [6.07, 6.45) is 1.11. The maximum Gasteiger partial charge on any atom is 0.226 e. The van der Waals surface area contributed by atoms with Crippen LogP contribution in [0.3, 0.4) is 0 Å². The summed E-state index contributed by atoms with van der Waals surface area (Å²) >= 11 is 6.47. The average Bonchev–Trinajstić information content (AvgIpc) is 2.95. The molecule has 1 unspecified atom stereocenters. The molecule has 0 spiro atoms. The number of carbonyl (C=O) groups excluding carboxylic acids is 1. The third-order valence-electron chi connectivity index (χ3n) is 2.40. The smallest absolute Gasteiger partial charge is 0.226 e. The number of nitrogens with two attached hydrogens (primary N) is 1. The second-order valence-electron chi connectivity index (χ2n) is 4.23. The zero-order valence-corrected chi connectivity index (χ0v) is 13.6. The Morgan fingerprint density at radius 3 is 2.95 bits per heavy atom. The quantitative estimate of drug-likeness (QED) is 0.854. The van der Waals surface area contributed by atoms with Crippen molar-refractivity contribution >= 4 is 49.6 Å². The summed E-state index contributed by atoms with van der Waals surface area (Å²) in [6, 6.07) is 2.06. The molecule has 0 bridgehead atoms. The van der Waals surface area contributed by atoms with Gasteiger partial charge in [-0.3, -0.25) is 4.79 Å². The first-order valence-electron chi connectivity index (χ1n) is 5.80. The van der Waals surface area contributed by atoms with Crippen LogP contribution in [0.15, 0.2) is 21.3 Å². The van der Waals surface area contributed by atoms with Crippen molar-refractivity contribution in [3.05, 3.63) is 21.3 Å². The first kappa shape index (κ1) is 14.6. The Labute approximate surface area is 128 Å². The van der Waals surface area contributed by atoms with Crippen molar-refractivity contribution < 1.29 is 4.79 Å². The van der Waals surface area contributed by atoms with Crippen LogP contribution in [-0.2, 0) is 4.79 Å². The lowest BCUT2D eigenvalue weighted by Gasteiger charge is -2.04. The zero-order valence-electron chi connectivity index (χ0n) is 10.4. The number of anilines is 1. The molecule has 0 radical (unpaired) electrons. The van der Waals surface area contributed by atoms with Gasteiger partial charge in [0.1, 0.15) is 0 Å². The molecule has 0 aliphatic heterocycles. The van der Waals surface area contributed by atoms with E-state index in [1.54, 1.807) is 11.3 Å². The summed E-state index contributed by atoms with van der Waals surface area (Å²) in [5.41, 5.74) is 6.51. The zero-order chi connectivity index (χ0) is 13.8. The maximum atomic E-state index is 11.7. The van der Waals surface area contributed by atoms with Crippen LogP contribution < -0.4 is 11.1 Å². The van der Waals surface area contributed by atoms with Gasteiger partial charge in [0.25, 0.3) is 0 Å². The van der Waals surface area contributed by atoms with Gasteiger partial charge in [-0.25, -0.2) is 4.98 Å². The van der Waals surface area contributed by atoms with E-state index in [4.69, 9.17) is 5.73 Å². The van der Waals surface area contributed by atoms with E-state index in [-0.39, 0.29) is 11.9 Å². The van der Waals surface area contributed by atoms with Crippen LogP contribution >= 0.6 is 38.6 Å². The molecule has 2 aromatic heterocycles. The molecule has 2 heterocycles. The summed E-state index contributed by atoms with van der Waals surface area (Å²) < 4.78 is 1.04. The van der Waals surface area contributed by atoms with E-state index in [1.165, 1.54) is 11.3 Å². The SMILES string of the molecule is CC(N)CCC(=O)Nc1nc(-c2cc(Br)cs2)cs1. The second kappa shape index (κ2) is 6.60. The molecular weight excluding hydrogens is 346 g/mol. The van der Waals surface area contributed by atoms with Gasteiger partial charge < -0.3 is 11.1 Å². The molecule has 4 nitrogen and oxygen atoms in total. The molecule has 0 saturated heterocycles. The van der Waals surface area contributed by atoms with Crippen LogP contribution in [-0.4, -0.2) is 16.9 Å². The van der Waals surface area contributed by atoms with Gasteiger partial charge in [-0.2, -0.15) is 0 Å². The Balaban J connectivity index is 1.96. The first-order chi connectivity index (χ1) is 9.04. The summed E-state index contributed by atoms with van der Waals surface area (Å²) in [5.74, 6) is -0.0365. The van der Waals surface area contributed by atoms with Crippen molar-refractivity contribution in [1.82, 2.24) is 4.98 Å². The lowest BCUT2D eigenvalue weighted by Crippen LogP contribution is -2.19. The van der Waals surface area contributed by atoms with Gasteiger partial charge >= 0.3 is 0 Å². The van der Waals surface area contributed by atoms with Gasteiger partial charge in [0.15, 0.2) is 5.13 Å². The Hall–Kier alpha value is -0.760. The monoisotopic (exact) mass is 359 g/mol. The van der Waals surface area contributed by atoms with Crippen molar-refractivity contribution in [2.45, 2.75) is 25.8 Å². The van der Waals surface area contributed by atoms with Crippen molar-refractivity contribution in [3.63, 3.8) is 0 Å². The van der Waals surface area contributed by atoms with Crippen LogP contribution in [0.25, 0.3) is 10.6 Å². The fourth-order valence-corrected chi connectivity index (χ4v) is 3.62. The normalized spacial score (nSPS) is 12.4. The van der Waals surface area contributed by atoms with E-state index in [0.717, 1.165) is 15.0 Å². The van der Waals surface area contributed by atoms with Crippen molar-refractivity contribution in [2.24, 2.45) is 5.73 Å². The van der Waals surface area contributed by atoms with E-state index in [2.05, 4.69) is 26.2 Å². The van der Waals surface area contributed by atoms with E-state index < -0.39 is 0 Å². The number of amides is 1. The number of hydrogen-bond donors (Lipinski definition) is 2. The lowest BCUT2D eigenvalue weighted by molar-refractivity contribution is -0.116. The van der Waals surface area contributed by atoms with Crippen LogP contribution in [0.1, 0.15) is 19.8 Å². The number of aromatic nitrogens is 1. The fourth-order valence-electron chi connectivity index (χ4n) is 1.43. The number of nitrogens with zero attached hydrogens (tertiary/aromatic N) is 1. The first-order valence-corrected chi connectivity index (χ1v) is 8.35. The Morgan fingerprint density at radius 2 is 2.32 bits per heavy atom. The van der Waals surface area contributed by atoms with Gasteiger partial charge in [-0.05, 0) is 35.3 Å². The van der Waals surface area contributed by atoms with Crippen LogP contribution in [0.5, 0.6) is 0 Å². The molecule has 1 atom stereocenters. The topological polar surface area (TPSA) is 68.0 Å². The highest BCUT2D eigenvalue weighted by Gasteiger charge is 2.10. The predicted molar refractivity (Wildman–Crippen MR) is 84.6 cm³/mol. The summed E-state index contributed by atoms with van der Waals surface area (Å²) in [5, 5.41) is 7.39. The highest BCUT2D eigenvalue weighted by molar-refractivity contribution is 9.10. The summed E-state index contributed by atoms with van der Waals surface area (Å²) in [4.78, 5) is 17.2. The fraction of sp³-hybridized carbons (Fsp3) is 0.333. The van der Waals surface area contributed by atoms with Crippen molar-refractivity contribution in [2.75, 3.05) is 5.32 Å². The molecule has 7 heteroatoms. The highest BCUT2D eigenvalue weighted by atomic mass is 79.9. The minimum absolute atomic E-state index is 0.0365. The lowest BCUT2D eigenvalue weighted by atomic mass is 10.2. The molecular formula is C12H14BrN3OS2. The minimum atomic E-state index is -0.0365. The average molecular weight is 360 g/mol. The molecule has 1 amide bonds. The third-order valence-corrected chi connectivity index (χ3v) is 4.87. The van der Waals surface area contributed by atoms with Gasteiger partial charge in [-0.15, -0.1) is 22.7 Å². The van der Waals surface area contributed by atoms with Gasteiger partial charge in [0, 0.05) is 27.7 Å². The number of thiazole rings is 1. The molecule has 2 aromatic rings. The number of hydrogen-bond acceptors (Lipinski definition) is 5.